The number of fused-ring (bicyclic) bond motifs is 1. The maximum atomic E-state index is 12.6. The van der Waals surface area contributed by atoms with Crippen LogP contribution in [0.2, 0.25) is 0 Å². The Balaban J connectivity index is 1.27. The Morgan fingerprint density at radius 3 is 2.31 bits per heavy atom. The predicted octanol–water partition coefficient (Wildman–Crippen LogP) is 4.29. The summed E-state index contributed by atoms with van der Waals surface area (Å²) in [4.78, 5) is 9.79. The van der Waals surface area contributed by atoms with Crippen LogP contribution in [0.4, 0.5) is 11.8 Å². The number of nitrogens with zero attached hydrogens (tertiary/aromatic N) is 2. The maximum absolute atomic E-state index is 12.6. The molecule has 194 valence electrons. The average molecular weight is 511 g/mol. The zero-order chi connectivity index (χ0) is 25.4. The zero-order valence-electron chi connectivity index (χ0n) is 21.0. The lowest BCUT2D eigenvalue weighted by Crippen LogP contribution is -2.32. The molecule has 1 heterocycles. The minimum Gasteiger partial charge on any atom is -0.369 e. The number of benzene rings is 2. The quantitative estimate of drug-likeness (QED) is 0.268. The van der Waals surface area contributed by atoms with Crippen molar-refractivity contribution >= 4 is 32.7 Å². The summed E-state index contributed by atoms with van der Waals surface area (Å²) in [5.41, 5.74) is 7.58. The van der Waals surface area contributed by atoms with E-state index >= 15 is 0 Å². The van der Waals surface area contributed by atoms with Crippen molar-refractivity contribution in [2.75, 3.05) is 36.8 Å². The second kappa shape index (κ2) is 12.5. The van der Waals surface area contributed by atoms with Crippen LogP contribution < -0.4 is 21.1 Å². The third kappa shape index (κ3) is 7.15. The van der Waals surface area contributed by atoms with Gasteiger partial charge in [0.1, 0.15) is 5.82 Å². The highest BCUT2D eigenvalue weighted by Gasteiger charge is 2.23. The van der Waals surface area contributed by atoms with Gasteiger partial charge in [-0.05, 0) is 88.1 Å². The fourth-order valence-corrected chi connectivity index (χ4v) is 5.79. The second-order valence-corrected chi connectivity index (χ2v) is 11.5. The van der Waals surface area contributed by atoms with Gasteiger partial charge in [-0.1, -0.05) is 29.8 Å². The SMILES string of the molecule is Cc1ccc(S(=O)(=O)NC[C@H]2CC[C@H](CNc3nc(NCCCCN)c4ccccc4n3)CC2)cc1. The van der Waals surface area contributed by atoms with Crippen LogP contribution in [0.15, 0.2) is 53.4 Å². The van der Waals surface area contributed by atoms with Gasteiger partial charge in [0, 0.05) is 25.0 Å². The summed E-state index contributed by atoms with van der Waals surface area (Å²) < 4.78 is 28.0. The third-order valence-corrected chi connectivity index (χ3v) is 8.37. The fraction of sp³-hybridized carbons (Fsp3) is 0.481. The Morgan fingerprint density at radius 1 is 0.889 bits per heavy atom. The summed E-state index contributed by atoms with van der Waals surface area (Å²) in [6.07, 6.45) is 6.12. The van der Waals surface area contributed by atoms with Gasteiger partial charge in [0.15, 0.2) is 0 Å². The lowest BCUT2D eigenvalue weighted by atomic mass is 9.82. The van der Waals surface area contributed by atoms with Gasteiger partial charge < -0.3 is 16.4 Å². The summed E-state index contributed by atoms with van der Waals surface area (Å²) in [6.45, 7) is 4.77. The topological polar surface area (TPSA) is 122 Å². The Bertz CT molecular complexity index is 1220. The molecule has 8 nitrogen and oxygen atoms in total. The van der Waals surface area contributed by atoms with Gasteiger partial charge in [-0.15, -0.1) is 0 Å². The van der Waals surface area contributed by atoms with Gasteiger partial charge in [-0.25, -0.2) is 18.1 Å². The molecule has 1 aliphatic carbocycles. The normalized spacial score (nSPS) is 18.3. The van der Waals surface area contributed by atoms with Gasteiger partial charge in [-0.2, -0.15) is 4.98 Å². The van der Waals surface area contributed by atoms with Crippen LogP contribution in [0.5, 0.6) is 0 Å². The number of hydrogen-bond acceptors (Lipinski definition) is 7. The summed E-state index contributed by atoms with van der Waals surface area (Å²) in [5, 5.41) is 7.91. The van der Waals surface area contributed by atoms with Crippen LogP contribution in [0.25, 0.3) is 10.9 Å². The molecule has 36 heavy (non-hydrogen) atoms. The number of nitrogens with one attached hydrogen (secondary N) is 3. The van der Waals surface area contributed by atoms with Gasteiger partial charge in [0.05, 0.1) is 10.4 Å². The first-order chi connectivity index (χ1) is 17.4. The first-order valence-corrected chi connectivity index (χ1v) is 14.4. The molecule has 0 amide bonds. The molecule has 0 unspecified atom stereocenters. The summed E-state index contributed by atoms with van der Waals surface area (Å²) in [7, 11) is -3.46. The van der Waals surface area contributed by atoms with Crippen LogP contribution in [-0.2, 0) is 10.0 Å². The number of nitrogens with two attached hydrogens (primary N) is 1. The van der Waals surface area contributed by atoms with Gasteiger partial charge in [0.25, 0.3) is 0 Å². The van der Waals surface area contributed by atoms with E-state index in [0.717, 1.165) is 73.9 Å². The Kier molecular flexibility index (Phi) is 9.12. The molecule has 1 fully saturated rings. The first kappa shape index (κ1) is 26.3. The van der Waals surface area contributed by atoms with Crippen molar-refractivity contribution in [3.05, 3.63) is 54.1 Å². The van der Waals surface area contributed by atoms with Crippen LogP contribution in [0.3, 0.4) is 0 Å². The highest BCUT2D eigenvalue weighted by atomic mass is 32.2. The second-order valence-electron chi connectivity index (χ2n) is 9.77. The van der Waals surface area contributed by atoms with Crippen LogP contribution in [0.1, 0.15) is 44.1 Å². The number of sulfonamides is 1. The van der Waals surface area contributed by atoms with E-state index in [9.17, 15) is 8.42 Å². The predicted molar refractivity (Wildman–Crippen MR) is 147 cm³/mol. The number of hydrogen-bond donors (Lipinski definition) is 4. The van der Waals surface area contributed by atoms with Crippen molar-refractivity contribution in [1.82, 2.24) is 14.7 Å². The highest BCUT2D eigenvalue weighted by Crippen LogP contribution is 2.29. The standard InChI is InChI=1S/C27H38N6O2S/c1-20-8-14-23(15-9-20)36(34,35)31-19-22-12-10-21(11-13-22)18-30-27-32-25-7-3-2-6-24(25)26(33-27)29-17-5-4-16-28/h2-3,6-9,14-15,21-22,31H,4-5,10-13,16-19,28H2,1H3,(H2,29,30,32,33)/t21-,22-. The molecular weight excluding hydrogens is 472 g/mol. The Labute approximate surface area is 214 Å². The van der Waals surface area contributed by atoms with Crippen molar-refractivity contribution in [2.24, 2.45) is 17.6 Å². The van der Waals surface area contributed by atoms with E-state index in [0.29, 0.717) is 35.8 Å². The van der Waals surface area contributed by atoms with Crippen molar-refractivity contribution in [1.29, 1.82) is 0 Å². The number of anilines is 2. The molecule has 0 atom stereocenters. The van der Waals surface area contributed by atoms with E-state index in [1.807, 2.05) is 43.3 Å². The molecule has 0 aliphatic heterocycles. The summed E-state index contributed by atoms with van der Waals surface area (Å²) >= 11 is 0. The molecule has 3 aromatic rings. The minimum atomic E-state index is -3.46. The number of aromatic nitrogens is 2. The molecule has 2 aromatic carbocycles. The molecule has 1 aliphatic rings. The average Bonchev–Trinajstić information content (AvgIpc) is 2.89. The molecule has 1 aromatic heterocycles. The summed E-state index contributed by atoms with van der Waals surface area (Å²) in [5.74, 6) is 2.38. The fourth-order valence-electron chi connectivity index (χ4n) is 4.67. The molecule has 9 heteroatoms. The number of unbranched alkanes of at least 4 members (excludes halogenated alkanes) is 1. The zero-order valence-corrected chi connectivity index (χ0v) is 21.9. The van der Waals surface area contributed by atoms with Gasteiger partial charge >= 0.3 is 0 Å². The van der Waals surface area contributed by atoms with E-state index < -0.39 is 10.0 Å². The highest BCUT2D eigenvalue weighted by molar-refractivity contribution is 7.89. The van der Waals surface area contributed by atoms with Gasteiger partial charge in [-0.3, -0.25) is 0 Å². The minimum absolute atomic E-state index is 0.328. The first-order valence-electron chi connectivity index (χ1n) is 13.0. The monoisotopic (exact) mass is 510 g/mol. The molecule has 0 saturated heterocycles. The number of aryl methyl sites for hydroxylation is 1. The van der Waals surface area contributed by atoms with E-state index in [2.05, 4.69) is 15.4 Å². The molecule has 0 bridgehead atoms. The van der Waals surface area contributed by atoms with Crippen LogP contribution in [0, 0.1) is 18.8 Å². The molecule has 0 radical (unpaired) electrons. The molecule has 4 rings (SSSR count). The molecule has 1 saturated carbocycles. The Hall–Kier alpha value is -2.75. The Morgan fingerprint density at radius 2 is 1.58 bits per heavy atom. The van der Waals surface area contributed by atoms with Crippen LogP contribution in [-0.4, -0.2) is 44.6 Å². The lowest BCUT2D eigenvalue weighted by molar-refractivity contribution is 0.284. The van der Waals surface area contributed by atoms with Crippen LogP contribution >= 0.6 is 0 Å². The largest absolute Gasteiger partial charge is 0.369 e. The molecule has 5 N–H and O–H groups in total. The maximum Gasteiger partial charge on any atom is 0.240 e. The van der Waals surface area contributed by atoms with Crippen molar-refractivity contribution in [2.45, 2.75) is 50.3 Å². The van der Waals surface area contributed by atoms with Crippen molar-refractivity contribution in [3.8, 4) is 0 Å². The van der Waals surface area contributed by atoms with E-state index in [1.165, 1.54) is 0 Å². The van der Waals surface area contributed by atoms with E-state index in [4.69, 9.17) is 15.7 Å². The molecule has 0 spiro atoms. The number of para-hydroxylation sites is 1. The number of rotatable bonds is 12. The summed E-state index contributed by atoms with van der Waals surface area (Å²) in [6, 6.07) is 15.0. The van der Waals surface area contributed by atoms with E-state index in [1.54, 1.807) is 12.1 Å². The van der Waals surface area contributed by atoms with Gasteiger partial charge in [0.2, 0.25) is 16.0 Å². The van der Waals surface area contributed by atoms with Crippen molar-refractivity contribution < 1.29 is 8.42 Å². The molecular formula is C27H38N6O2S. The smallest absolute Gasteiger partial charge is 0.240 e. The lowest BCUT2D eigenvalue weighted by Gasteiger charge is -2.28. The van der Waals surface area contributed by atoms with Crippen molar-refractivity contribution in [3.63, 3.8) is 0 Å². The third-order valence-electron chi connectivity index (χ3n) is 6.94. The van der Waals surface area contributed by atoms with E-state index in [-0.39, 0.29) is 0 Å².